The maximum atomic E-state index is 12.5. The van der Waals surface area contributed by atoms with Crippen LogP contribution in [-0.2, 0) is 18.4 Å². The zero-order valence-corrected chi connectivity index (χ0v) is 14.7. The summed E-state index contributed by atoms with van der Waals surface area (Å²) < 4.78 is 4.11. The maximum absolute atomic E-state index is 12.5. The summed E-state index contributed by atoms with van der Waals surface area (Å²) in [6, 6.07) is 0.144. The number of rotatable bonds is 5. The van der Waals surface area contributed by atoms with Gasteiger partial charge in [0.2, 0.25) is 5.91 Å². The molecule has 2 aromatic rings. The fourth-order valence-corrected chi connectivity index (χ4v) is 3.24. The van der Waals surface area contributed by atoms with Crippen LogP contribution in [0.25, 0.3) is 0 Å². The molecule has 7 heteroatoms. The Morgan fingerprint density at radius 3 is 2.46 bits per heavy atom. The second-order valence-electron chi connectivity index (χ2n) is 6.55. The highest BCUT2D eigenvalue weighted by atomic mass is 16.2. The standard InChI is InChI=1S/C17H26N6O/c1-14(23-7-5-18-15(23)2)12-17(24)22-10-8-21(9-11-22)13-16-19-4-6-20(16)3/h4-7,14H,8-13H2,1-3H3. The van der Waals surface area contributed by atoms with E-state index in [-0.39, 0.29) is 11.9 Å². The van der Waals surface area contributed by atoms with Crippen molar-refractivity contribution in [3.63, 3.8) is 0 Å². The fourth-order valence-electron chi connectivity index (χ4n) is 3.24. The van der Waals surface area contributed by atoms with Gasteiger partial charge in [0.05, 0.1) is 6.54 Å². The molecule has 1 fully saturated rings. The monoisotopic (exact) mass is 330 g/mol. The predicted octanol–water partition coefficient (Wildman–Crippen LogP) is 1.22. The molecule has 0 bridgehead atoms. The van der Waals surface area contributed by atoms with Gasteiger partial charge in [-0.15, -0.1) is 0 Å². The number of nitrogens with zero attached hydrogens (tertiary/aromatic N) is 6. The van der Waals surface area contributed by atoms with Gasteiger partial charge in [-0.2, -0.15) is 0 Å². The molecule has 2 aromatic heterocycles. The lowest BCUT2D eigenvalue weighted by Gasteiger charge is -2.35. The van der Waals surface area contributed by atoms with Gasteiger partial charge in [-0.3, -0.25) is 9.69 Å². The molecule has 7 nitrogen and oxygen atoms in total. The van der Waals surface area contributed by atoms with Crippen molar-refractivity contribution >= 4 is 5.91 Å². The molecule has 0 aromatic carbocycles. The van der Waals surface area contributed by atoms with Crippen molar-refractivity contribution in [1.82, 2.24) is 28.9 Å². The quantitative estimate of drug-likeness (QED) is 0.827. The molecule has 0 aliphatic carbocycles. The highest BCUT2D eigenvalue weighted by molar-refractivity contribution is 5.76. The molecule has 1 atom stereocenters. The molecule has 1 aliphatic rings. The Labute approximate surface area is 142 Å². The van der Waals surface area contributed by atoms with Gasteiger partial charge < -0.3 is 14.0 Å². The molecular formula is C17H26N6O. The maximum Gasteiger partial charge on any atom is 0.224 e. The Hall–Kier alpha value is -2.15. The summed E-state index contributed by atoms with van der Waals surface area (Å²) >= 11 is 0. The molecule has 0 radical (unpaired) electrons. The molecule has 1 saturated heterocycles. The number of imidazole rings is 2. The van der Waals surface area contributed by atoms with Crippen LogP contribution in [0.4, 0.5) is 0 Å². The van der Waals surface area contributed by atoms with Crippen LogP contribution in [0, 0.1) is 6.92 Å². The summed E-state index contributed by atoms with van der Waals surface area (Å²) in [5.74, 6) is 2.25. The fraction of sp³-hybridized carbons (Fsp3) is 0.588. The lowest BCUT2D eigenvalue weighted by molar-refractivity contribution is -0.133. The molecule has 1 aliphatic heterocycles. The zero-order valence-electron chi connectivity index (χ0n) is 14.7. The first-order chi connectivity index (χ1) is 11.5. The Morgan fingerprint density at radius 2 is 1.88 bits per heavy atom. The molecular weight excluding hydrogens is 304 g/mol. The number of hydrogen-bond donors (Lipinski definition) is 0. The summed E-state index contributed by atoms with van der Waals surface area (Å²) in [7, 11) is 2.02. The van der Waals surface area contributed by atoms with Crippen molar-refractivity contribution in [2.75, 3.05) is 26.2 Å². The largest absolute Gasteiger partial charge is 0.340 e. The molecule has 130 valence electrons. The van der Waals surface area contributed by atoms with Gasteiger partial charge in [0.1, 0.15) is 11.6 Å². The van der Waals surface area contributed by atoms with Crippen molar-refractivity contribution in [3.05, 3.63) is 36.4 Å². The third-order valence-electron chi connectivity index (χ3n) is 4.82. The number of piperazine rings is 1. The van der Waals surface area contributed by atoms with Crippen molar-refractivity contribution in [2.45, 2.75) is 32.9 Å². The third kappa shape index (κ3) is 3.67. The number of aryl methyl sites for hydroxylation is 2. The van der Waals surface area contributed by atoms with Crippen LogP contribution in [0.5, 0.6) is 0 Å². The van der Waals surface area contributed by atoms with Crippen molar-refractivity contribution in [3.8, 4) is 0 Å². The van der Waals surface area contributed by atoms with E-state index in [0.29, 0.717) is 6.42 Å². The molecule has 0 saturated carbocycles. The zero-order chi connectivity index (χ0) is 17.1. The molecule has 1 amide bonds. The van der Waals surface area contributed by atoms with Gasteiger partial charge in [0.15, 0.2) is 0 Å². The Kier molecular flexibility index (Phi) is 4.99. The van der Waals surface area contributed by atoms with Crippen LogP contribution in [0.1, 0.15) is 31.0 Å². The predicted molar refractivity (Wildman–Crippen MR) is 91.4 cm³/mol. The van der Waals surface area contributed by atoms with E-state index in [1.165, 1.54) is 0 Å². The first kappa shape index (κ1) is 16.7. The van der Waals surface area contributed by atoms with Gasteiger partial charge in [-0.1, -0.05) is 0 Å². The molecule has 3 heterocycles. The van der Waals surface area contributed by atoms with Crippen molar-refractivity contribution in [2.24, 2.45) is 7.05 Å². The molecule has 0 spiro atoms. The average molecular weight is 330 g/mol. The van der Waals surface area contributed by atoms with Crippen LogP contribution in [0.15, 0.2) is 24.8 Å². The van der Waals surface area contributed by atoms with E-state index >= 15 is 0 Å². The molecule has 24 heavy (non-hydrogen) atoms. The smallest absolute Gasteiger partial charge is 0.224 e. The van der Waals surface area contributed by atoms with E-state index in [9.17, 15) is 4.79 Å². The topological polar surface area (TPSA) is 59.2 Å². The van der Waals surface area contributed by atoms with Gasteiger partial charge in [-0.25, -0.2) is 9.97 Å². The van der Waals surface area contributed by atoms with Crippen LogP contribution < -0.4 is 0 Å². The highest BCUT2D eigenvalue weighted by Crippen LogP contribution is 2.16. The van der Waals surface area contributed by atoms with Crippen LogP contribution in [0.2, 0.25) is 0 Å². The molecule has 1 unspecified atom stereocenters. The lowest BCUT2D eigenvalue weighted by Crippen LogP contribution is -2.48. The Bertz CT molecular complexity index is 683. The normalized spacial score (nSPS) is 17.2. The van der Waals surface area contributed by atoms with Gasteiger partial charge in [0.25, 0.3) is 0 Å². The minimum absolute atomic E-state index is 0.144. The number of hydrogen-bond acceptors (Lipinski definition) is 4. The summed E-state index contributed by atoms with van der Waals surface area (Å²) in [6.45, 7) is 8.27. The van der Waals surface area contributed by atoms with E-state index in [1.54, 1.807) is 6.20 Å². The van der Waals surface area contributed by atoms with Gasteiger partial charge in [0, 0.05) is 70.5 Å². The van der Waals surface area contributed by atoms with Crippen molar-refractivity contribution in [1.29, 1.82) is 0 Å². The van der Waals surface area contributed by atoms with Gasteiger partial charge >= 0.3 is 0 Å². The minimum Gasteiger partial charge on any atom is -0.340 e. The Morgan fingerprint density at radius 1 is 1.17 bits per heavy atom. The van der Waals surface area contributed by atoms with Crippen LogP contribution in [-0.4, -0.2) is 61.0 Å². The number of aromatic nitrogens is 4. The van der Waals surface area contributed by atoms with E-state index in [4.69, 9.17) is 0 Å². The van der Waals surface area contributed by atoms with Crippen LogP contribution >= 0.6 is 0 Å². The van der Waals surface area contributed by atoms with E-state index in [2.05, 4.69) is 26.4 Å². The first-order valence-electron chi connectivity index (χ1n) is 8.50. The second kappa shape index (κ2) is 7.17. The molecule has 0 N–H and O–H groups in total. The van der Waals surface area contributed by atoms with Gasteiger partial charge in [-0.05, 0) is 13.8 Å². The van der Waals surface area contributed by atoms with E-state index < -0.39 is 0 Å². The number of amides is 1. The average Bonchev–Trinajstić information content (AvgIpc) is 3.17. The second-order valence-corrected chi connectivity index (χ2v) is 6.55. The highest BCUT2D eigenvalue weighted by Gasteiger charge is 2.23. The summed E-state index contributed by atoms with van der Waals surface area (Å²) in [5, 5.41) is 0. The van der Waals surface area contributed by atoms with E-state index in [0.717, 1.165) is 44.4 Å². The summed E-state index contributed by atoms with van der Waals surface area (Å²) in [5.41, 5.74) is 0. The number of carbonyl (C=O) groups excluding carboxylic acids is 1. The van der Waals surface area contributed by atoms with E-state index in [1.807, 2.05) is 42.0 Å². The lowest BCUT2D eigenvalue weighted by atomic mass is 10.2. The SMILES string of the molecule is Cc1nccn1C(C)CC(=O)N1CCN(Cc2nccn2C)CC1. The van der Waals surface area contributed by atoms with Crippen molar-refractivity contribution < 1.29 is 4.79 Å². The minimum atomic E-state index is 0.144. The summed E-state index contributed by atoms with van der Waals surface area (Å²) in [6.07, 6.45) is 8.05. The molecule has 3 rings (SSSR count). The Balaban J connectivity index is 1.48. The number of carbonyl (C=O) groups is 1. The third-order valence-corrected chi connectivity index (χ3v) is 4.82. The summed E-state index contributed by atoms with van der Waals surface area (Å²) in [4.78, 5) is 25.5. The first-order valence-corrected chi connectivity index (χ1v) is 8.50. The van der Waals surface area contributed by atoms with Crippen LogP contribution in [0.3, 0.4) is 0 Å².